The largest absolute Gasteiger partial charge is 0.340 e. The highest BCUT2D eigenvalue weighted by atomic mass is 32.2. The summed E-state index contributed by atoms with van der Waals surface area (Å²) in [5, 5.41) is 3.30. The topological polar surface area (TPSA) is 81.8 Å². The fourth-order valence-corrected chi connectivity index (χ4v) is 4.67. The van der Waals surface area contributed by atoms with Crippen LogP contribution >= 0.6 is 0 Å². The van der Waals surface area contributed by atoms with Crippen molar-refractivity contribution in [2.24, 2.45) is 5.92 Å². The van der Waals surface area contributed by atoms with Crippen LogP contribution in [0.25, 0.3) is 0 Å². The number of carbonyl (C=O) groups excluding carboxylic acids is 1. The van der Waals surface area contributed by atoms with Crippen molar-refractivity contribution in [2.45, 2.75) is 24.7 Å². The number of nitrogens with one attached hydrogen (secondary N) is 2. The number of piperidine rings is 1. The Morgan fingerprint density at radius 1 is 1.19 bits per heavy atom. The van der Waals surface area contributed by atoms with Gasteiger partial charge in [-0.25, -0.2) is 13.1 Å². The number of aryl methyl sites for hydroxylation is 1. The molecule has 2 aliphatic heterocycles. The summed E-state index contributed by atoms with van der Waals surface area (Å²) in [7, 11) is -3.46. The maximum Gasteiger partial charge on any atom is 0.240 e. The van der Waals surface area contributed by atoms with Crippen LogP contribution in [0.5, 0.6) is 0 Å². The summed E-state index contributed by atoms with van der Waals surface area (Å²) in [5.74, 6) is 0.383. The molecule has 1 amide bonds. The molecule has 2 N–H and O–H groups in total. The lowest BCUT2D eigenvalue weighted by Gasteiger charge is -2.37. The summed E-state index contributed by atoms with van der Waals surface area (Å²) >= 11 is 0. The summed E-state index contributed by atoms with van der Waals surface area (Å²) in [6.07, 6.45) is 2.05. The van der Waals surface area contributed by atoms with Crippen molar-refractivity contribution in [2.75, 3.05) is 52.4 Å². The lowest BCUT2D eigenvalue weighted by molar-refractivity contribution is -0.137. The molecule has 2 heterocycles. The third-order valence-electron chi connectivity index (χ3n) is 5.38. The van der Waals surface area contributed by atoms with E-state index in [1.54, 1.807) is 24.3 Å². The molecular formula is C19H30N4O3S. The van der Waals surface area contributed by atoms with Crippen LogP contribution < -0.4 is 10.0 Å². The van der Waals surface area contributed by atoms with E-state index in [-0.39, 0.29) is 11.8 Å². The minimum atomic E-state index is -3.46. The number of benzene rings is 1. The van der Waals surface area contributed by atoms with Gasteiger partial charge in [0.05, 0.1) is 10.8 Å². The SMILES string of the molecule is Cc1ccc(S(=O)(=O)NCCN2CCN(C(=O)C3CCCNC3)CC2)cc1. The molecule has 2 saturated heterocycles. The first-order chi connectivity index (χ1) is 13.0. The molecule has 0 spiro atoms. The van der Waals surface area contributed by atoms with Crippen LogP contribution in [0.3, 0.4) is 0 Å². The Kier molecular flexibility index (Phi) is 6.86. The van der Waals surface area contributed by atoms with Crippen LogP contribution in [-0.2, 0) is 14.8 Å². The second-order valence-corrected chi connectivity index (χ2v) is 9.19. The van der Waals surface area contributed by atoms with Gasteiger partial charge in [0.1, 0.15) is 0 Å². The second kappa shape index (κ2) is 9.14. The average molecular weight is 395 g/mol. The van der Waals surface area contributed by atoms with Crippen molar-refractivity contribution in [3.8, 4) is 0 Å². The fraction of sp³-hybridized carbons (Fsp3) is 0.632. The van der Waals surface area contributed by atoms with Crippen molar-refractivity contribution >= 4 is 15.9 Å². The Morgan fingerprint density at radius 2 is 1.89 bits per heavy atom. The zero-order valence-electron chi connectivity index (χ0n) is 16.0. The summed E-state index contributed by atoms with van der Waals surface area (Å²) < 4.78 is 27.3. The van der Waals surface area contributed by atoms with E-state index in [0.29, 0.717) is 18.0 Å². The number of piperazine rings is 1. The molecule has 1 atom stereocenters. The first kappa shape index (κ1) is 20.3. The van der Waals surface area contributed by atoms with Gasteiger partial charge in [0.2, 0.25) is 15.9 Å². The molecular weight excluding hydrogens is 364 g/mol. The number of hydrogen-bond donors (Lipinski definition) is 2. The van der Waals surface area contributed by atoms with Crippen molar-refractivity contribution in [1.29, 1.82) is 0 Å². The fourth-order valence-electron chi connectivity index (χ4n) is 3.65. The van der Waals surface area contributed by atoms with Crippen molar-refractivity contribution in [1.82, 2.24) is 19.8 Å². The summed E-state index contributed by atoms with van der Waals surface area (Å²) in [4.78, 5) is 17.0. The molecule has 3 rings (SSSR count). The molecule has 1 aromatic rings. The van der Waals surface area contributed by atoms with E-state index >= 15 is 0 Å². The van der Waals surface area contributed by atoms with Crippen molar-refractivity contribution in [3.05, 3.63) is 29.8 Å². The number of rotatable bonds is 6. The molecule has 8 heteroatoms. The van der Waals surface area contributed by atoms with Gasteiger partial charge in [-0.05, 0) is 38.4 Å². The minimum Gasteiger partial charge on any atom is -0.340 e. The zero-order valence-corrected chi connectivity index (χ0v) is 16.8. The number of carbonyl (C=O) groups is 1. The summed E-state index contributed by atoms with van der Waals surface area (Å²) in [6.45, 7) is 7.78. The number of amides is 1. The number of nitrogens with zero attached hydrogens (tertiary/aromatic N) is 2. The van der Waals surface area contributed by atoms with Crippen LogP contribution in [0, 0.1) is 12.8 Å². The molecule has 27 heavy (non-hydrogen) atoms. The van der Waals surface area contributed by atoms with Crippen molar-refractivity contribution in [3.63, 3.8) is 0 Å². The molecule has 2 aliphatic rings. The molecule has 0 radical (unpaired) electrons. The first-order valence-electron chi connectivity index (χ1n) is 9.74. The van der Waals surface area contributed by atoms with E-state index in [0.717, 1.165) is 57.7 Å². The van der Waals surface area contributed by atoms with Gasteiger partial charge in [0, 0.05) is 45.8 Å². The molecule has 0 bridgehead atoms. The molecule has 0 aliphatic carbocycles. The third kappa shape index (κ3) is 5.51. The van der Waals surface area contributed by atoms with E-state index in [9.17, 15) is 13.2 Å². The van der Waals surface area contributed by atoms with Crippen molar-refractivity contribution < 1.29 is 13.2 Å². The van der Waals surface area contributed by atoms with E-state index in [4.69, 9.17) is 0 Å². The summed E-state index contributed by atoms with van der Waals surface area (Å²) in [5.41, 5.74) is 1.03. The van der Waals surface area contributed by atoms with Gasteiger partial charge in [-0.15, -0.1) is 0 Å². The van der Waals surface area contributed by atoms with Gasteiger partial charge >= 0.3 is 0 Å². The Bertz CT molecular complexity index is 722. The Balaban J connectivity index is 1.40. The molecule has 1 unspecified atom stereocenters. The molecule has 1 aromatic carbocycles. The van der Waals surface area contributed by atoms with E-state index in [1.165, 1.54) is 0 Å². The lowest BCUT2D eigenvalue weighted by Crippen LogP contribution is -2.53. The Morgan fingerprint density at radius 3 is 2.52 bits per heavy atom. The maximum absolute atomic E-state index is 12.6. The summed E-state index contributed by atoms with van der Waals surface area (Å²) in [6, 6.07) is 6.85. The van der Waals surface area contributed by atoms with Gasteiger partial charge in [0.25, 0.3) is 0 Å². The number of hydrogen-bond acceptors (Lipinski definition) is 5. The van der Waals surface area contributed by atoms with Crippen LogP contribution in [0.2, 0.25) is 0 Å². The average Bonchev–Trinajstić information content (AvgIpc) is 2.69. The van der Waals surface area contributed by atoms with Gasteiger partial charge in [-0.2, -0.15) is 0 Å². The van der Waals surface area contributed by atoms with Gasteiger partial charge in [-0.1, -0.05) is 17.7 Å². The highest BCUT2D eigenvalue weighted by Crippen LogP contribution is 2.15. The normalized spacial score (nSPS) is 22.0. The van der Waals surface area contributed by atoms with E-state index < -0.39 is 10.0 Å². The molecule has 7 nitrogen and oxygen atoms in total. The molecule has 2 fully saturated rings. The predicted molar refractivity (Wildman–Crippen MR) is 105 cm³/mol. The van der Waals surface area contributed by atoms with Crippen LogP contribution in [0.15, 0.2) is 29.2 Å². The highest BCUT2D eigenvalue weighted by molar-refractivity contribution is 7.89. The monoisotopic (exact) mass is 394 g/mol. The highest BCUT2D eigenvalue weighted by Gasteiger charge is 2.28. The van der Waals surface area contributed by atoms with Crippen LogP contribution in [0.4, 0.5) is 0 Å². The van der Waals surface area contributed by atoms with Crippen LogP contribution in [0.1, 0.15) is 18.4 Å². The van der Waals surface area contributed by atoms with E-state index in [2.05, 4.69) is 14.9 Å². The standard InChI is InChI=1S/C19H30N4O3S/c1-16-4-6-18(7-5-16)27(25,26)21-9-10-22-11-13-23(14-12-22)19(24)17-3-2-8-20-15-17/h4-7,17,20-21H,2-3,8-15H2,1H3. The quantitative estimate of drug-likeness (QED) is 0.731. The smallest absolute Gasteiger partial charge is 0.240 e. The Labute approximate surface area is 162 Å². The Hall–Kier alpha value is -1.48. The predicted octanol–water partition coefficient (Wildman–Crippen LogP) is 0.417. The second-order valence-electron chi connectivity index (χ2n) is 7.42. The molecule has 0 aromatic heterocycles. The third-order valence-corrected chi connectivity index (χ3v) is 6.86. The lowest BCUT2D eigenvalue weighted by atomic mass is 9.98. The van der Waals surface area contributed by atoms with Gasteiger partial charge in [0.15, 0.2) is 0 Å². The maximum atomic E-state index is 12.6. The minimum absolute atomic E-state index is 0.117. The van der Waals surface area contributed by atoms with E-state index in [1.807, 2.05) is 11.8 Å². The first-order valence-corrected chi connectivity index (χ1v) is 11.2. The molecule has 0 saturated carbocycles. The zero-order chi connectivity index (χ0) is 19.3. The molecule has 150 valence electrons. The van der Waals surface area contributed by atoms with Crippen LogP contribution in [-0.4, -0.2) is 76.5 Å². The number of sulfonamides is 1. The van der Waals surface area contributed by atoms with Gasteiger partial charge < -0.3 is 10.2 Å². The van der Waals surface area contributed by atoms with Gasteiger partial charge in [-0.3, -0.25) is 9.69 Å².